The maximum Gasteiger partial charge on any atom is 0.289 e. The van der Waals surface area contributed by atoms with E-state index in [1.165, 1.54) is 0 Å². The highest BCUT2D eigenvalue weighted by atomic mass is 16.6. The predicted octanol–water partition coefficient (Wildman–Crippen LogP) is 1.11. The number of nitrogens with one attached hydrogen (secondary N) is 1. The van der Waals surface area contributed by atoms with E-state index in [1.807, 2.05) is 13.8 Å². The van der Waals surface area contributed by atoms with Gasteiger partial charge in [-0.2, -0.15) is 0 Å². The molecule has 1 aromatic rings. The lowest BCUT2D eigenvalue weighted by molar-refractivity contribution is 0.0691. The van der Waals surface area contributed by atoms with E-state index >= 15 is 0 Å². The van der Waals surface area contributed by atoms with Gasteiger partial charge in [-0.1, -0.05) is 0 Å². The van der Waals surface area contributed by atoms with E-state index < -0.39 is 0 Å². The summed E-state index contributed by atoms with van der Waals surface area (Å²) in [7, 11) is 0. The minimum atomic E-state index is -0.0647. The highest BCUT2D eigenvalue weighted by Gasteiger charge is 2.21. The number of furan rings is 1. The van der Waals surface area contributed by atoms with Gasteiger partial charge < -0.3 is 19.4 Å². The molecule has 5 nitrogen and oxygen atoms in total. The second-order valence-corrected chi connectivity index (χ2v) is 4.33. The fourth-order valence-corrected chi connectivity index (χ4v) is 1.75. The number of carbonyl (C=O) groups excluding carboxylic acids is 1. The van der Waals surface area contributed by atoms with Crippen molar-refractivity contribution in [3.8, 4) is 5.95 Å². The lowest BCUT2D eigenvalue weighted by atomic mass is 10.3. The minimum absolute atomic E-state index is 0.0447. The average Bonchev–Trinajstić information content (AvgIpc) is 2.77. The van der Waals surface area contributed by atoms with Crippen molar-refractivity contribution < 1.29 is 13.9 Å². The maximum absolute atomic E-state index is 12.0. The van der Waals surface area contributed by atoms with Gasteiger partial charge in [-0.3, -0.25) is 4.79 Å². The van der Waals surface area contributed by atoms with Crippen molar-refractivity contribution in [2.45, 2.75) is 20.0 Å². The zero-order valence-electron chi connectivity index (χ0n) is 10.2. The van der Waals surface area contributed by atoms with Crippen LogP contribution in [0.1, 0.15) is 24.4 Å². The van der Waals surface area contributed by atoms with Gasteiger partial charge in [-0.15, -0.1) is 0 Å². The molecule has 0 saturated carbocycles. The third-order valence-electron chi connectivity index (χ3n) is 2.55. The van der Waals surface area contributed by atoms with E-state index in [1.54, 1.807) is 17.0 Å². The van der Waals surface area contributed by atoms with Gasteiger partial charge in [-0.25, -0.2) is 0 Å². The van der Waals surface area contributed by atoms with Crippen molar-refractivity contribution >= 4 is 5.91 Å². The Morgan fingerprint density at radius 2 is 2.12 bits per heavy atom. The average molecular weight is 238 g/mol. The van der Waals surface area contributed by atoms with Gasteiger partial charge in [0, 0.05) is 32.2 Å². The van der Waals surface area contributed by atoms with Crippen LogP contribution in [0, 0.1) is 0 Å². The van der Waals surface area contributed by atoms with Crippen LogP contribution in [0.5, 0.6) is 5.95 Å². The summed E-state index contributed by atoms with van der Waals surface area (Å²) in [5, 5.41) is 3.20. The van der Waals surface area contributed by atoms with Gasteiger partial charge in [0.15, 0.2) is 5.76 Å². The Labute approximate surface area is 101 Å². The molecule has 2 heterocycles. The monoisotopic (exact) mass is 238 g/mol. The van der Waals surface area contributed by atoms with Crippen molar-refractivity contribution in [2.75, 3.05) is 26.2 Å². The highest BCUT2D eigenvalue weighted by molar-refractivity contribution is 5.91. The molecule has 94 valence electrons. The first-order chi connectivity index (χ1) is 8.16. The van der Waals surface area contributed by atoms with Crippen molar-refractivity contribution in [2.24, 2.45) is 0 Å². The van der Waals surface area contributed by atoms with E-state index in [2.05, 4.69) is 5.32 Å². The fourth-order valence-electron chi connectivity index (χ4n) is 1.75. The normalized spacial score (nSPS) is 16.3. The molecule has 1 aromatic heterocycles. The zero-order valence-corrected chi connectivity index (χ0v) is 10.2. The number of ether oxygens (including phenoxy) is 1. The molecule has 1 fully saturated rings. The van der Waals surface area contributed by atoms with Crippen molar-refractivity contribution in [1.29, 1.82) is 0 Å². The molecule has 0 bridgehead atoms. The molecule has 1 amide bonds. The Morgan fingerprint density at radius 3 is 2.76 bits per heavy atom. The van der Waals surface area contributed by atoms with E-state index in [9.17, 15) is 4.79 Å². The molecular weight excluding hydrogens is 220 g/mol. The summed E-state index contributed by atoms with van der Waals surface area (Å²) in [4.78, 5) is 13.8. The lowest BCUT2D eigenvalue weighted by Crippen LogP contribution is -2.46. The van der Waals surface area contributed by atoms with Crippen molar-refractivity contribution in [3.05, 3.63) is 17.9 Å². The van der Waals surface area contributed by atoms with Crippen LogP contribution in [0.15, 0.2) is 16.5 Å². The van der Waals surface area contributed by atoms with E-state index in [0.717, 1.165) is 26.2 Å². The first-order valence-corrected chi connectivity index (χ1v) is 5.93. The number of piperazine rings is 1. The molecule has 17 heavy (non-hydrogen) atoms. The van der Waals surface area contributed by atoms with Gasteiger partial charge >= 0.3 is 0 Å². The Balaban J connectivity index is 2.01. The van der Waals surface area contributed by atoms with Crippen LogP contribution < -0.4 is 10.1 Å². The quantitative estimate of drug-likeness (QED) is 0.857. The van der Waals surface area contributed by atoms with Crippen molar-refractivity contribution in [1.82, 2.24) is 10.2 Å². The second kappa shape index (κ2) is 5.23. The van der Waals surface area contributed by atoms with Crippen LogP contribution in [0.2, 0.25) is 0 Å². The number of hydrogen-bond acceptors (Lipinski definition) is 4. The number of rotatable bonds is 3. The molecule has 0 aromatic carbocycles. The number of nitrogens with zero attached hydrogens (tertiary/aromatic N) is 1. The van der Waals surface area contributed by atoms with Gasteiger partial charge in [0.05, 0.1) is 6.10 Å². The molecule has 1 saturated heterocycles. The summed E-state index contributed by atoms with van der Waals surface area (Å²) in [6.45, 7) is 6.95. The molecular formula is C12H18N2O3. The molecule has 0 unspecified atom stereocenters. The molecule has 0 spiro atoms. The van der Waals surface area contributed by atoms with Gasteiger partial charge in [0.25, 0.3) is 11.9 Å². The Bertz CT molecular complexity index is 381. The summed E-state index contributed by atoms with van der Waals surface area (Å²) in [6.07, 6.45) is 0.0447. The summed E-state index contributed by atoms with van der Waals surface area (Å²) < 4.78 is 10.8. The lowest BCUT2D eigenvalue weighted by Gasteiger charge is -2.26. The summed E-state index contributed by atoms with van der Waals surface area (Å²) in [5.74, 6) is 0.686. The highest BCUT2D eigenvalue weighted by Crippen LogP contribution is 2.18. The van der Waals surface area contributed by atoms with Crippen molar-refractivity contribution in [3.63, 3.8) is 0 Å². The third kappa shape index (κ3) is 3.00. The third-order valence-corrected chi connectivity index (χ3v) is 2.55. The van der Waals surface area contributed by atoms with Crippen LogP contribution in [-0.2, 0) is 0 Å². The number of carbonyl (C=O) groups is 1. The minimum Gasteiger partial charge on any atom is -0.462 e. The first-order valence-electron chi connectivity index (χ1n) is 5.93. The summed E-state index contributed by atoms with van der Waals surface area (Å²) in [6, 6.07) is 3.36. The second-order valence-electron chi connectivity index (χ2n) is 4.33. The Kier molecular flexibility index (Phi) is 3.68. The van der Waals surface area contributed by atoms with E-state index in [-0.39, 0.29) is 12.0 Å². The van der Waals surface area contributed by atoms with Gasteiger partial charge in [0.2, 0.25) is 0 Å². The molecule has 1 aliphatic heterocycles. The molecule has 0 radical (unpaired) electrons. The smallest absolute Gasteiger partial charge is 0.289 e. The largest absolute Gasteiger partial charge is 0.462 e. The van der Waals surface area contributed by atoms with Crippen LogP contribution in [-0.4, -0.2) is 43.1 Å². The maximum atomic E-state index is 12.0. The van der Waals surface area contributed by atoms with Crippen LogP contribution >= 0.6 is 0 Å². The molecule has 2 rings (SSSR count). The number of amides is 1. The van der Waals surface area contributed by atoms with Gasteiger partial charge in [0.1, 0.15) is 0 Å². The molecule has 1 aliphatic rings. The standard InChI is InChI=1S/C12H18N2O3/c1-9(2)16-11-4-3-10(17-11)12(15)14-7-5-13-6-8-14/h3-4,9,13H,5-8H2,1-2H3. The SMILES string of the molecule is CC(C)Oc1ccc(C(=O)N2CCNCC2)o1. The Hall–Kier alpha value is -1.49. The Morgan fingerprint density at radius 1 is 1.41 bits per heavy atom. The summed E-state index contributed by atoms with van der Waals surface area (Å²) in [5.41, 5.74) is 0. The van der Waals surface area contributed by atoms with Gasteiger partial charge in [-0.05, 0) is 19.9 Å². The molecule has 0 atom stereocenters. The van der Waals surface area contributed by atoms with E-state index in [0.29, 0.717) is 11.7 Å². The number of hydrogen-bond donors (Lipinski definition) is 1. The zero-order chi connectivity index (χ0) is 12.3. The summed E-state index contributed by atoms with van der Waals surface area (Å²) >= 11 is 0. The van der Waals surface area contributed by atoms with Crippen LogP contribution in [0.4, 0.5) is 0 Å². The van der Waals surface area contributed by atoms with Crippen LogP contribution in [0.3, 0.4) is 0 Å². The van der Waals surface area contributed by atoms with Crippen LogP contribution in [0.25, 0.3) is 0 Å². The molecule has 5 heteroatoms. The molecule has 1 N–H and O–H groups in total. The van der Waals surface area contributed by atoms with E-state index in [4.69, 9.17) is 9.15 Å². The fraction of sp³-hybridized carbons (Fsp3) is 0.583. The first kappa shape index (κ1) is 12.0. The predicted molar refractivity (Wildman–Crippen MR) is 63.2 cm³/mol. The molecule has 0 aliphatic carbocycles. The topological polar surface area (TPSA) is 54.7 Å².